The summed E-state index contributed by atoms with van der Waals surface area (Å²) in [4.78, 5) is 2.60. The molecule has 3 atom stereocenters. The smallest absolute Gasteiger partial charge is 0.0802 e. The summed E-state index contributed by atoms with van der Waals surface area (Å²) >= 11 is 7.61. The van der Waals surface area contributed by atoms with Gasteiger partial charge in [0.15, 0.2) is 0 Å². The van der Waals surface area contributed by atoms with Crippen molar-refractivity contribution >= 4 is 43.1 Å². The van der Waals surface area contributed by atoms with E-state index in [-0.39, 0.29) is 15.7 Å². The van der Waals surface area contributed by atoms with Gasteiger partial charge in [-0.25, -0.2) is 0 Å². The fourth-order valence-electron chi connectivity index (χ4n) is 4.00. The summed E-state index contributed by atoms with van der Waals surface area (Å²) in [6, 6.07) is 17.0. The number of nitrogens with zero attached hydrogens (tertiary/aromatic N) is 1. The van der Waals surface area contributed by atoms with Gasteiger partial charge in [0.1, 0.15) is 0 Å². The molecule has 0 fully saturated rings. The van der Waals surface area contributed by atoms with E-state index in [0.29, 0.717) is 0 Å². The highest BCUT2D eigenvalue weighted by atomic mass is 79.9. The maximum Gasteiger partial charge on any atom is 0.0802 e. The van der Waals surface area contributed by atoms with Crippen LogP contribution in [0.3, 0.4) is 0 Å². The number of fused-ring (bicyclic) bond motifs is 2. The first-order valence-electron chi connectivity index (χ1n) is 8.73. The highest BCUT2D eigenvalue weighted by molar-refractivity contribution is 9.12. The number of halogens is 2. The van der Waals surface area contributed by atoms with Crippen LogP contribution in [0.4, 0.5) is 5.69 Å². The minimum Gasteiger partial charge on any atom is -0.401 e. The van der Waals surface area contributed by atoms with Crippen LogP contribution < -0.4 is 11.5 Å². The minimum absolute atomic E-state index is 0.0682. The van der Waals surface area contributed by atoms with E-state index in [1.807, 2.05) is 6.07 Å². The Morgan fingerprint density at radius 1 is 1.00 bits per heavy atom. The number of benzene rings is 2. The van der Waals surface area contributed by atoms with E-state index < -0.39 is 0 Å². The van der Waals surface area contributed by atoms with Crippen molar-refractivity contribution in [3.05, 3.63) is 82.7 Å². The van der Waals surface area contributed by atoms with Crippen LogP contribution in [0.15, 0.2) is 66.0 Å². The first-order valence-corrected chi connectivity index (χ1v) is 10.6. The monoisotopic (exact) mass is 473 g/mol. The maximum atomic E-state index is 6.32. The van der Waals surface area contributed by atoms with E-state index in [0.717, 1.165) is 17.9 Å². The molecule has 0 saturated heterocycles. The fourth-order valence-corrected chi connectivity index (χ4v) is 5.19. The van der Waals surface area contributed by atoms with Crippen LogP contribution in [0.1, 0.15) is 29.7 Å². The number of hydrogen-bond acceptors (Lipinski definition) is 3. The van der Waals surface area contributed by atoms with Crippen LogP contribution in [-0.2, 0) is 0 Å². The van der Waals surface area contributed by atoms with Gasteiger partial charge in [0.25, 0.3) is 0 Å². The van der Waals surface area contributed by atoms with E-state index in [1.54, 1.807) is 0 Å². The number of nitrogen functional groups attached to an aromatic ring is 1. The molecule has 0 bridgehead atoms. The first-order chi connectivity index (χ1) is 12.5. The molecule has 26 heavy (non-hydrogen) atoms. The molecular formula is C21H21Br2N3. The lowest BCUT2D eigenvalue weighted by molar-refractivity contribution is 0.307. The van der Waals surface area contributed by atoms with E-state index in [4.69, 9.17) is 11.5 Å². The quantitative estimate of drug-likeness (QED) is 0.486. The van der Waals surface area contributed by atoms with Gasteiger partial charge in [0.2, 0.25) is 0 Å². The normalized spacial score (nSPS) is 24.8. The predicted octanol–water partition coefficient (Wildman–Crippen LogP) is 4.79. The molecule has 0 spiro atoms. The van der Waals surface area contributed by atoms with Crippen molar-refractivity contribution in [3.63, 3.8) is 0 Å². The number of alkyl halides is 2. The summed E-state index contributed by atoms with van der Waals surface area (Å²) in [5, 5.41) is 0. The Bertz CT molecular complexity index is 905. The highest BCUT2D eigenvalue weighted by Gasteiger charge is 2.39. The Morgan fingerprint density at radius 2 is 1.73 bits per heavy atom. The van der Waals surface area contributed by atoms with Gasteiger partial charge in [0.05, 0.1) is 15.7 Å². The van der Waals surface area contributed by atoms with E-state index >= 15 is 0 Å². The molecule has 1 aliphatic heterocycles. The Hall–Kier alpha value is -1.72. The summed E-state index contributed by atoms with van der Waals surface area (Å²) < 4.78 is 0. The topological polar surface area (TPSA) is 55.3 Å². The van der Waals surface area contributed by atoms with Crippen molar-refractivity contribution in [2.75, 3.05) is 12.3 Å². The van der Waals surface area contributed by atoms with Gasteiger partial charge in [-0.1, -0.05) is 68.3 Å². The van der Waals surface area contributed by atoms with Crippen molar-refractivity contribution in [1.29, 1.82) is 0 Å². The Labute approximate surface area is 171 Å². The lowest BCUT2D eigenvalue weighted by atomic mass is 9.81. The molecule has 0 aromatic heterocycles. The third kappa shape index (κ3) is 2.69. The van der Waals surface area contributed by atoms with Crippen LogP contribution in [0.25, 0.3) is 5.57 Å². The molecule has 3 nitrogen and oxygen atoms in total. The van der Waals surface area contributed by atoms with Crippen LogP contribution in [0.5, 0.6) is 0 Å². The second-order valence-electron chi connectivity index (χ2n) is 6.69. The third-order valence-electron chi connectivity index (χ3n) is 5.17. The molecular weight excluding hydrogens is 454 g/mol. The zero-order chi connectivity index (χ0) is 18.4. The number of hydrogen-bond donors (Lipinski definition) is 2. The van der Waals surface area contributed by atoms with Crippen LogP contribution >= 0.6 is 31.9 Å². The second-order valence-corrected chi connectivity index (χ2v) is 8.67. The summed E-state index contributed by atoms with van der Waals surface area (Å²) in [6.07, 6.45) is 2.12. The summed E-state index contributed by atoms with van der Waals surface area (Å²) in [5.74, 6) is 0. The van der Waals surface area contributed by atoms with Crippen LogP contribution in [0, 0.1) is 0 Å². The standard InChI is InChI=1S/C21H21Br2N3/c1-2-26-17-11-16(25)19(22)20(23)18(17)14-9-8-13(24)10-15(14)21(26)12-6-4-3-5-7-12/h3-11,19-21H,2,24-25H2,1H3. The van der Waals surface area contributed by atoms with E-state index in [1.165, 1.54) is 28.0 Å². The van der Waals surface area contributed by atoms with Gasteiger partial charge in [-0.15, -0.1) is 0 Å². The van der Waals surface area contributed by atoms with Gasteiger partial charge >= 0.3 is 0 Å². The molecule has 134 valence electrons. The Morgan fingerprint density at radius 3 is 2.42 bits per heavy atom. The summed E-state index contributed by atoms with van der Waals surface area (Å²) in [6.45, 7) is 3.06. The number of anilines is 1. The van der Waals surface area contributed by atoms with Gasteiger partial charge < -0.3 is 16.4 Å². The van der Waals surface area contributed by atoms with Crippen molar-refractivity contribution < 1.29 is 0 Å². The predicted molar refractivity (Wildman–Crippen MR) is 116 cm³/mol. The first kappa shape index (κ1) is 17.7. The number of nitrogens with two attached hydrogens (primary N) is 2. The summed E-state index contributed by atoms with van der Waals surface area (Å²) in [7, 11) is 0. The Balaban J connectivity index is 2.01. The largest absolute Gasteiger partial charge is 0.401 e. The average molecular weight is 475 g/mol. The zero-order valence-corrected chi connectivity index (χ0v) is 17.7. The number of likely N-dealkylation sites (N-methyl/N-ethyl adjacent to an activating group) is 1. The van der Waals surface area contributed by atoms with Crippen molar-refractivity contribution in [2.45, 2.75) is 22.6 Å². The zero-order valence-electron chi connectivity index (χ0n) is 14.5. The molecule has 0 saturated carbocycles. The molecule has 1 heterocycles. The molecule has 5 heteroatoms. The average Bonchev–Trinajstić information content (AvgIpc) is 2.65. The fraction of sp³-hybridized carbons (Fsp3) is 0.238. The molecule has 2 aliphatic rings. The van der Waals surface area contributed by atoms with Gasteiger partial charge in [-0.05, 0) is 47.4 Å². The lowest BCUT2D eigenvalue weighted by Crippen LogP contribution is -2.39. The molecule has 1 aliphatic carbocycles. The second kappa shape index (κ2) is 6.78. The molecule has 0 radical (unpaired) electrons. The summed E-state index contributed by atoms with van der Waals surface area (Å²) in [5.41, 5.74) is 20.3. The SMILES string of the molecule is CCN1C2=C(c3ccc(N)cc3C1c1ccccc1)C(Br)C(Br)C(N)=C2. The molecule has 2 aromatic carbocycles. The molecule has 0 amide bonds. The molecule has 4 N–H and O–H groups in total. The van der Waals surface area contributed by atoms with Crippen LogP contribution in [-0.4, -0.2) is 21.1 Å². The van der Waals surface area contributed by atoms with E-state index in [9.17, 15) is 0 Å². The number of rotatable bonds is 2. The van der Waals surface area contributed by atoms with Crippen molar-refractivity contribution in [2.24, 2.45) is 5.73 Å². The molecule has 2 aromatic rings. The van der Waals surface area contributed by atoms with Crippen molar-refractivity contribution in [1.82, 2.24) is 4.90 Å². The number of allylic oxidation sites excluding steroid dienone is 3. The van der Waals surface area contributed by atoms with Crippen molar-refractivity contribution in [3.8, 4) is 0 Å². The highest BCUT2D eigenvalue weighted by Crippen LogP contribution is 2.49. The van der Waals surface area contributed by atoms with Gasteiger partial charge in [0, 0.05) is 23.6 Å². The molecule has 4 rings (SSSR count). The lowest BCUT2D eigenvalue weighted by Gasteiger charge is -2.44. The van der Waals surface area contributed by atoms with Gasteiger partial charge in [-0.2, -0.15) is 0 Å². The minimum atomic E-state index is 0.0682. The van der Waals surface area contributed by atoms with E-state index in [2.05, 4.69) is 92.2 Å². The maximum absolute atomic E-state index is 6.32. The van der Waals surface area contributed by atoms with Crippen LogP contribution in [0.2, 0.25) is 0 Å². The Kier molecular flexibility index (Phi) is 4.61. The molecule has 3 unspecified atom stereocenters. The van der Waals surface area contributed by atoms with Gasteiger partial charge in [-0.3, -0.25) is 0 Å². The third-order valence-corrected chi connectivity index (χ3v) is 7.92.